The number of fused-ring (bicyclic) bond motifs is 1. The molecule has 132 valence electrons. The summed E-state index contributed by atoms with van der Waals surface area (Å²) in [6.45, 7) is 5.40. The quantitative estimate of drug-likeness (QED) is 0.833. The van der Waals surface area contributed by atoms with Crippen LogP contribution in [0.25, 0.3) is 0 Å². The highest BCUT2D eigenvalue weighted by Gasteiger charge is 2.21. The number of benzene rings is 1. The fourth-order valence-corrected chi connectivity index (χ4v) is 2.75. The number of hydrogen-bond acceptors (Lipinski definition) is 6. The molecule has 0 fully saturated rings. The molecule has 0 radical (unpaired) electrons. The molecule has 0 bridgehead atoms. The Morgan fingerprint density at radius 3 is 3.00 bits per heavy atom. The second kappa shape index (κ2) is 7.48. The Morgan fingerprint density at radius 1 is 1.40 bits per heavy atom. The van der Waals surface area contributed by atoms with Crippen molar-refractivity contribution < 1.29 is 9.53 Å². The highest BCUT2D eigenvalue weighted by Crippen LogP contribution is 2.27. The first kappa shape index (κ1) is 17.2. The second-order valence-corrected chi connectivity index (χ2v) is 6.20. The SMILES string of the molecule is CC(C)Nc1nccc(N(CCN)C(=O)c2ccc3c(c2)CCO3)n1. The van der Waals surface area contributed by atoms with E-state index in [9.17, 15) is 4.79 Å². The number of nitrogens with one attached hydrogen (secondary N) is 1. The maximum Gasteiger partial charge on any atom is 0.259 e. The summed E-state index contributed by atoms with van der Waals surface area (Å²) in [5.41, 5.74) is 7.38. The Balaban J connectivity index is 1.89. The standard InChI is InChI=1S/C18H23N5O2/c1-12(2)21-18-20-8-5-16(22-18)23(9-7-19)17(24)14-3-4-15-13(11-14)6-10-25-15/h3-5,8,11-12H,6-7,9-10,19H2,1-2H3,(H,20,21,22). The van der Waals surface area contributed by atoms with E-state index in [1.165, 1.54) is 0 Å². The average molecular weight is 341 g/mol. The molecule has 0 spiro atoms. The third-order valence-corrected chi connectivity index (χ3v) is 3.87. The number of aromatic nitrogens is 2. The van der Waals surface area contributed by atoms with E-state index in [4.69, 9.17) is 10.5 Å². The molecule has 1 aromatic heterocycles. The predicted octanol–water partition coefficient (Wildman–Crippen LogP) is 1.84. The monoisotopic (exact) mass is 341 g/mol. The smallest absolute Gasteiger partial charge is 0.259 e. The molecule has 1 aliphatic heterocycles. The van der Waals surface area contributed by atoms with Crippen molar-refractivity contribution in [3.8, 4) is 5.75 Å². The number of amides is 1. The zero-order chi connectivity index (χ0) is 17.8. The van der Waals surface area contributed by atoms with E-state index in [1.807, 2.05) is 26.0 Å². The largest absolute Gasteiger partial charge is 0.493 e. The van der Waals surface area contributed by atoms with E-state index >= 15 is 0 Å². The minimum absolute atomic E-state index is 0.130. The van der Waals surface area contributed by atoms with Gasteiger partial charge in [-0.1, -0.05) is 0 Å². The lowest BCUT2D eigenvalue weighted by Crippen LogP contribution is -2.36. The van der Waals surface area contributed by atoms with E-state index in [-0.39, 0.29) is 11.9 Å². The van der Waals surface area contributed by atoms with Gasteiger partial charge in [0.05, 0.1) is 6.61 Å². The predicted molar refractivity (Wildman–Crippen MR) is 97.2 cm³/mol. The Morgan fingerprint density at radius 2 is 2.24 bits per heavy atom. The molecule has 3 rings (SSSR count). The number of nitrogens with two attached hydrogens (primary N) is 1. The van der Waals surface area contributed by atoms with Crippen LogP contribution in [-0.4, -0.2) is 41.6 Å². The van der Waals surface area contributed by atoms with Crippen molar-refractivity contribution in [1.82, 2.24) is 9.97 Å². The van der Waals surface area contributed by atoms with Gasteiger partial charge in [0.1, 0.15) is 11.6 Å². The van der Waals surface area contributed by atoms with E-state index in [1.54, 1.807) is 23.2 Å². The molecule has 0 aliphatic carbocycles. The molecule has 0 saturated carbocycles. The van der Waals surface area contributed by atoms with Crippen molar-refractivity contribution in [2.24, 2.45) is 5.73 Å². The first-order valence-corrected chi connectivity index (χ1v) is 8.45. The Labute approximate surface area is 147 Å². The molecule has 2 heterocycles. The minimum Gasteiger partial charge on any atom is -0.493 e. The van der Waals surface area contributed by atoms with Crippen LogP contribution in [0.5, 0.6) is 5.75 Å². The lowest BCUT2D eigenvalue weighted by molar-refractivity contribution is 0.0987. The van der Waals surface area contributed by atoms with Gasteiger partial charge in [0, 0.05) is 37.3 Å². The van der Waals surface area contributed by atoms with E-state index in [2.05, 4.69) is 15.3 Å². The second-order valence-electron chi connectivity index (χ2n) is 6.20. The van der Waals surface area contributed by atoms with Crippen molar-refractivity contribution in [2.75, 3.05) is 29.9 Å². The molecule has 1 amide bonds. The summed E-state index contributed by atoms with van der Waals surface area (Å²) in [5, 5.41) is 3.15. The molecule has 7 nitrogen and oxygen atoms in total. The lowest BCUT2D eigenvalue weighted by Gasteiger charge is -2.22. The summed E-state index contributed by atoms with van der Waals surface area (Å²) >= 11 is 0. The van der Waals surface area contributed by atoms with Crippen LogP contribution in [0.1, 0.15) is 29.8 Å². The van der Waals surface area contributed by atoms with E-state index in [0.29, 0.717) is 37.0 Å². The zero-order valence-electron chi connectivity index (χ0n) is 14.5. The number of rotatable bonds is 6. The Hall–Kier alpha value is -2.67. The summed E-state index contributed by atoms with van der Waals surface area (Å²) in [7, 11) is 0. The summed E-state index contributed by atoms with van der Waals surface area (Å²) in [4.78, 5) is 23.3. The van der Waals surface area contributed by atoms with Gasteiger partial charge in [0.2, 0.25) is 5.95 Å². The lowest BCUT2D eigenvalue weighted by atomic mass is 10.1. The molecule has 3 N–H and O–H groups in total. The molecule has 0 saturated heterocycles. The number of nitrogens with zero attached hydrogens (tertiary/aromatic N) is 3. The van der Waals surface area contributed by atoms with Crippen LogP contribution in [-0.2, 0) is 6.42 Å². The van der Waals surface area contributed by atoms with E-state index < -0.39 is 0 Å². The Bertz CT molecular complexity index is 763. The molecule has 25 heavy (non-hydrogen) atoms. The van der Waals surface area contributed by atoms with Crippen LogP contribution in [0.2, 0.25) is 0 Å². The fraction of sp³-hybridized carbons (Fsp3) is 0.389. The van der Waals surface area contributed by atoms with Gasteiger partial charge in [-0.3, -0.25) is 9.69 Å². The number of ether oxygens (including phenoxy) is 1. The maximum absolute atomic E-state index is 13.0. The molecule has 1 aliphatic rings. The van der Waals surface area contributed by atoms with Crippen molar-refractivity contribution in [2.45, 2.75) is 26.3 Å². The summed E-state index contributed by atoms with van der Waals surface area (Å²) in [5.74, 6) is 1.75. The van der Waals surface area contributed by atoms with Crippen LogP contribution in [0.3, 0.4) is 0 Å². The number of carbonyl (C=O) groups is 1. The van der Waals surface area contributed by atoms with Gasteiger partial charge in [0.15, 0.2) is 0 Å². The Kier molecular flexibility index (Phi) is 5.14. The zero-order valence-corrected chi connectivity index (χ0v) is 14.5. The normalized spacial score (nSPS) is 12.6. The number of hydrogen-bond donors (Lipinski definition) is 2. The van der Waals surface area contributed by atoms with Crippen LogP contribution < -0.4 is 20.7 Å². The third kappa shape index (κ3) is 3.88. The van der Waals surface area contributed by atoms with Gasteiger partial charge < -0.3 is 15.8 Å². The van der Waals surface area contributed by atoms with Gasteiger partial charge in [-0.05, 0) is 43.7 Å². The molecule has 1 aromatic carbocycles. The van der Waals surface area contributed by atoms with Gasteiger partial charge in [-0.2, -0.15) is 4.98 Å². The summed E-state index contributed by atoms with van der Waals surface area (Å²) in [6, 6.07) is 7.44. The molecule has 0 atom stereocenters. The van der Waals surface area contributed by atoms with Crippen LogP contribution in [0, 0.1) is 0 Å². The van der Waals surface area contributed by atoms with E-state index in [0.717, 1.165) is 17.7 Å². The average Bonchev–Trinajstić information content (AvgIpc) is 3.06. The van der Waals surface area contributed by atoms with Gasteiger partial charge >= 0.3 is 0 Å². The third-order valence-electron chi connectivity index (χ3n) is 3.87. The molecule has 7 heteroatoms. The van der Waals surface area contributed by atoms with Gasteiger partial charge in [-0.15, -0.1) is 0 Å². The molecule has 2 aromatic rings. The van der Waals surface area contributed by atoms with Gasteiger partial charge in [0.25, 0.3) is 5.91 Å². The van der Waals surface area contributed by atoms with Crippen molar-refractivity contribution in [3.05, 3.63) is 41.6 Å². The molecular formula is C18H23N5O2. The van der Waals surface area contributed by atoms with Crippen LogP contribution >= 0.6 is 0 Å². The highest BCUT2D eigenvalue weighted by atomic mass is 16.5. The van der Waals surface area contributed by atoms with Gasteiger partial charge in [-0.25, -0.2) is 4.98 Å². The molecule has 0 unspecified atom stereocenters. The fourth-order valence-electron chi connectivity index (χ4n) is 2.75. The maximum atomic E-state index is 13.0. The number of carbonyl (C=O) groups excluding carboxylic acids is 1. The summed E-state index contributed by atoms with van der Waals surface area (Å²) in [6.07, 6.45) is 2.46. The number of anilines is 2. The topological polar surface area (TPSA) is 93.4 Å². The highest BCUT2D eigenvalue weighted by molar-refractivity contribution is 6.05. The van der Waals surface area contributed by atoms with Crippen molar-refractivity contribution in [1.29, 1.82) is 0 Å². The summed E-state index contributed by atoms with van der Waals surface area (Å²) < 4.78 is 5.50. The van der Waals surface area contributed by atoms with Crippen LogP contribution in [0.15, 0.2) is 30.5 Å². The van der Waals surface area contributed by atoms with Crippen LogP contribution in [0.4, 0.5) is 11.8 Å². The van der Waals surface area contributed by atoms with Crippen molar-refractivity contribution in [3.63, 3.8) is 0 Å². The van der Waals surface area contributed by atoms with Crippen molar-refractivity contribution >= 4 is 17.7 Å². The first-order chi connectivity index (χ1) is 12.1. The molecular weight excluding hydrogens is 318 g/mol. The minimum atomic E-state index is -0.130. The first-order valence-electron chi connectivity index (χ1n) is 8.45.